The zero-order chi connectivity index (χ0) is 15.5. The van der Waals surface area contributed by atoms with Gasteiger partial charge in [-0.05, 0) is 56.0 Å². The van der Waals surface area contributed by atoms with E-state index in [0.29, 0.717) is 24.5 Å². The first-order valence-electron chi connectivity index (χ1n) is 7.69. The molecule has 0 spiro atoms. The summed E-state index contributed by atoms with van der Waals surface area (Å²) in [6, 6.07) is 3.68. The number of nitrogens with one attached hydrogen (secondary N) is 1. The lowest BCUT2D eigenvalue weighted by Crippen LogP contribution is -2.42. The van der Waals surface area contributed by atoms with Crippen molar-refractivity contribution in [2.24, 2.45) is 11.3 Å². The van der Waals surface area contributed by atoms with Crippen molar-refractivity contribution < 1.29 is 13.5 Å². The van der Waals surface area contributed by atoms with E-state index in [1.165, 1.54) is 12.1 Å². The first-order chi connectivity index (χ1) is 9.93. The molecule has 1 saturated heterocycles. The second-order valence-corrected chi connectivity index (χ2v) is 6.56. The molecule has 0 aliphatic carbocycles. The number of rotatable bonds is 6. The lowest BCUT2D eigenvalue weighted by Gasteiger charge is -2.33. The highest BCUT2D eigenvalue weighted by Crippen LogP contribution is 2.38. The summed E-state index contributed by atoms with van der Waals surface area (Å²) >= 11 is 0. The van der Waals surface area contributed by atoms with E-state index in [-0.39, 0.29) is 23.2 Å². The Balaban J connectivity index is 2.14. The summed E-state index contributed by atoms with van der Waals surface area (Å²) in [5, 5.41) is 3.46. The molecule has 0 bridgehead atoms. The molecule has 1 aliphatic heterocycles. The molecule has 1 N–H and O–H groups in total. The van der Waals surface area contributed by atoms with Crippen LogP contribution in [-0.2, 0) is 11.2 Å². The molecule has 4 heteroatoms. The number of ether oxygens (including phenoxy) is 1. The van der Waals surface area contributed by atoms with Gasteiger partial charge in [0.05, 0.1) is 6.10 Å². The number of hydrogen-bond acceptors (Lipinski definition) is 2. The molecule has 1 heterocycles. The monoisotopic (exact) mass is 297 g/mol. The normalized spacial score (nSPS) is 25.7. The highest BCUT2D eigenvalue weighted by molar-refractivity contribution is 5.21. The molecule has 0 saturated carbocycles. The molecule has 0 aromatic heterocycles. The van der Waals surface area contributed by atoms with Crippen LogP contribution in [0.15, 0.2) is 18.2 Å². The maximum Gasteiger partial charge on any atom is 0.126 e. The van der Waals surface area contributed by atoms with Crippen molar-refractivity contribution in [3.05, 3.63) is 35.4 Å². The molecule has 1 aromatic carbocycles. The van der Waals surface area contributed by atoms with Gasteiger partial charge in [0, 0.05) is 18.6 Å². The molecule has 2 rings (SSSR count). The van der Waals surface area contributed by atoms with Crippen molar-refractivity contribution in [3.8, 4) is 0 Å². The number of halogens is 2. The third-order valence-corrected chi connectivity index (χ3v) is 4.41. The second-order valence-electron chi connectivity index (χ2n) is 6.56. The summed E-state index contributed by atoms with van der Waals surface area (Å²) in [7, 11) is 0. The SMILES string of the molecule is CC(C)CNCC1(Cc2cc(F)ccc2F)CCOC1C. The molecule has 1 fully saturated rings. The van der Waals surface area contributed by atoms with Gasteiger partial charge in [-0.1, -0.05) is 13.8 Å². The molecule has 0 amide bonds. The van der Waals surface area contributed by atoms with Crippen molar-refractivity contribution in [1.82, 2.24) is 5.32 Å². The van der Waals surface area contributed by atoms with Gasteiger partial charge < -0.3 is 10.1 Å². The smallest absolute Gasteiger partial charge is 0.126 e. The van der Waals surface area contributed by atoms with Crippen molar-refractivity contribution in [1.29, 1.82) is 0 Å². The molecule has 2 unspecified atom stereocenters. The molecule has 1 aliphatic rings. The minimum absolute atomic E-state index is 0.0415. The average Bonchev–Trinajstić information content (AvgIpc) is 2.75. The Hall–Kier alpha value is -1.00. The fourth-order valence-corrected chi connectivity index (χ4v) is 3.01. The quantitative estimate of drug-likeness (QED) is 0.867. The molecule has 2 atom stereocenters. The molecule has 1 aromatic rings. The molecule has 21 heavy (non-hydrogen) atoms. The van der Waals surface area contributed by atoms with Gasteiger partial charge in [-0.15, -0.1) is 0 Å². The van der Waals surface area contributed by atoms with Gasteiger partial charge in [0.25, 0.3) is 0 Å². The zero-order valence-corrected chi connectivity index (χ0v) is 13.1. The number of hydrogen-bond donors (Lipinski definition) is 1. The number of benzene rings is 1. The van der Waals surface area contributed by atoms with E-state index >= 15 is 0 Å². The Bertz CT molecular complexity index is 478. The van der Waals surface area contributed by atoms with Crippen LogP contribution < -0.4 is 5.32 Å². The zero-order valence-electron chi connectivity index (χ0n) is 13.1. The van der Waals surface area contributed by atoms with Crippen LogP contribution in [0.5, 0.6) is 0 Å². The van der Waals surface area contributed by atoms with E-state index < -0.39 is 0 Å². The summed E-state index contributed by atoms with van der Waals surface area (Å²) in [5.74, 6) is -0.160. The van der Waals surface area contributed by atoms with Gasteiger partial charge in [-0.3, -0.25) is 0 Å². The van der Waals surface area contributed by atoms with E-state index in [0.717, 1.165) is 25.6 Å². The first kappa shape index (κ1) is 16.4. The van der Waals surface area contributed by atoms with E-state index in [9.17, 15) is 8.78 Å². The van der Waals surface area contributed by atoms with Gasteiger partial charge in [-0.2, -0.15) is 0 Å². The summed E-state index contributed by atoms with van der Waals surface area (Å²) in [6.45, 7) is 8.70. The lowest BCUT2D eigenvalue weighted by molar-refractivity contribution is 0.0622. The summed E-state index contributed by atoms with van der Waals surface area (Å²) in [6.07, 6.45) is 1.41. The lowest BCUT2D eigenvalue weighted by atomic mass is 9.76. The van der Waals surface area contributed by atoms with E-state index in [1.54, 1.807) is 0 Å². The predicted octanol–water partition coefficient (Wildman–Crippen LogP) is 3.55. The summed E-state index contributed by atoms with van der Waals surface area (Å²) < 4.78 is 33.0. The first-order valence-corrected chi connectivity index (χ1v) is 7.69. The molecule has 2 nitrogen and oxygen atoms in total. The fraction of sp³-hybridized carbons (Fsp3) is 0.647. The van der Waals surface area contributed by atoms with Crippen molar-refractivity contribution >= 4 is 0 Å². The maximum absolute atomic E-state index is 13.9. The topological polar surface area (TPSA) is 21.3 Å². The Kier molecular flexibility index (Phi) is 5.33. The molecule has 118 valence electrons. The third kappa shape index (κ3) is 4.01. The predicted molar refractivity (Wildman–Crippen MR) is 80.2 cm³/mol. The van der Waals surface area contributed by atoms with Gasteiger partial charge in [0.15, 0.2) is 0 Å². The van der Waals surface area contributed by atoms with Crippen LogP contribution in [0, 0.1) is 23.0 Å². The van der Waals surface area contributed by atoms with Gasteiger partial charge in [0.2, 0.25) is 0 Å². The summed E-state index contributed by atoms with van der Waals surface area (Å²) in [4.78, 5) is 0. The van der Waals surface area contributed by atoms with E-state index in [2.05, 4.69) is 19.2 Å². The molecular formula is C17H25F2NO. The van der Waals surface area contributed by atoms with Gasteiger partial charge >= 0.3 is 0 Å². The highest BCUT2D eigenvalue weighted by Gasteiger charge is 2.41. The summed E-state index contributed by atoms with van der Waals surface area (Å²) in [5.41, 5.74) is 0.280. The van der Waals surface area contributed by atoms with Gasteiger partial charge in [0.1, 0.15) is 11.6 Å². The molecular weight excluding hydrogens is 272 g/mol. The van der Waals surface area contributed by atoms with Crippen LogP contribution in [0.25, 0.3) is 0 Å². The Morgan fingerprint density at radius 3 is 2.76 bits per heavy atom. The molecule has 0 radical (unpaired) electrons. The minimum atomic E-state index is -0.386. The largest absolute Gasteiger partial charge is 0.378 e. The Morgan fingerprint density at radius 2 is 2.14 bits per heavy atom. The Labute approximate surface area is 125 Å². The van der Waals surface area contributed by atoms with Crippen LogP contribution in [0.3, 0.4) is 0 Å². The average molecular weight is 297 g/mol. The minimum Gasteiger partial charge on any atom is -0.378 e. The third-order valence-electron chi connectivity index (χ3n) is 4.41. The van der Waals surface area contributed by atoms with Crippen LogP contribution in [0.2, 0.25) is 0 Å². The highest BCUT2D eigenvalue weighted by atomic mass is 19.1. The van der Waals surface area contributed by atoms with Crippen molar-refractivity contribution in [2.45, 2.75) is 39.7 Å². The maximum atomic E-state index is 13.9. The van der Waals surface area contributed by atoms with E-state index in [1.807, 2.05) is 6.92 Å². The second kappa shape index (κ2) is 6.84. The van der Waals surface area contributed by atoms with Crippen LogP contribution in [-0.4, -0.2) is 25.8 Å². The van der Waals surface area contributed by atoms with Crippen LogP contribution in [0.1, 0.15) is 32.8 Å². The van der Waals surface area contributed by atoms with Crippen molar-refractivity contribution in [2.75, 3.05) is 19.7 Å². The van der Waals surface area contributed by atoms with Crippen LogP contribution >= 0.6 is 0 Å². The van der Waals surface area contributed by atoms with Gasteiger partial charge in [-0.25, -0.2) is 8.78 Å². The van der Waals surface area contributed by atoms with Crippen LogP contribution in [0.4, 0.5) is 8.78 Å². The van der Waals surface area contributed by atoms with Crippen molar-refractivity contribution in [3.63, 3.8) is 0 Å². The Morgan fingerprint density at radius 1 is 1.38 bits per heavy atom. The van der Waals surface area contributed by atoms with E-state index in [4.69, 9.17) is 4.74 Å². The fourth-order valence-electron chi connectivity index (χ4n) is 3.01. The standard InChI is InChI=1S/C17H25F2NO/c1-12(2)10-20-11-17(6-7-21-13(17)3)9-14-8-15(18)4-5-16(14)19/h4-5,8,12-13,20H,6-7,9-11H2,1-3H3.